The predicted octanol–water partition coefficient (Wildman–Crippen LogP) is 1.22. The summed E-state index contributed by atoms with van der Waals surface area (Å²) in [5.74, 6) is 0. The van der Waals surface area contributed by atoms with Crippen LogP contribution in [0.2, 0.25) is 0 Å². The van der Waals surface area contributed by atoms with E-state index in [0.29, 0.717) is 0 Å². The van der Waals surface area contributed by atoms with Gasteiger partial charge in [0.25, 0.3) is 0 Å². The molecule has 2 heterocycles. The first-order valence-corrected chi connectivity index (χ1v) is 7.51. The number of H-pyrrole nitrogens is 1. The minimum absolute atomic E-state index is 0.190. The van der Waals surface area contributed by atoms with Crippen molar-refractivity contribution in [2.24, 2.45) is 0 Å². The van der Waals surface area contributed by atoms with E-state index in [-0.39, 0.29) is 11.4 Å². The van der Waals surface area contributed by atoms with Gasteiger partial charge in [0.05, 0.1) is 0 Å². The molecule has 2 aromatic rings. The lowest BCUT2D eigenvalue weighted by atomic mass is 10.4. The van der Waals surface area contributed by atoms with E-state index in [2.05, 4.69) is 9.71 Å². The summed E-state index contributed by atoms with van der Waals surface area (Å²) in [7, 11) is -3.77. The molecule has 0 atom stereocenters. The van der Waals surface area contributed by atoms with Crippen molar-refractivity contribution in [3.8, 4) is 0 Å². The molecule has 2 aromatic heterocycles. The second kappa shape index (κ2) is 5.05. The van der Waals surface area contributed by atoms with Crippen molar-refractivity contribution in [3.05, 3.63) is 50.6 Å². The Morgan fingerprint density at radius 3 is 2.72 bits per heavy atom. The highest BCUT2D eigenvalue weighted by atomic mass is 32.2. The van der Waals surface area contributed by atoms with Crippen LogP contribution in [0.4, 0.5) is 0 Å². The van der Waals surface area contributed by atoms with Crippen LogP contribution in [0.15, 0.2) is 40.3 Å². The summed E-state index contributed by atoms with van der Waals surface area (Å²) in [4.78, 5) is 15.8. The Hall–Kier alpha value is -1.44. The minimum Gasteiger partial charge on any atom is -0.366 e. The Balaban J connectivity index is 2.18. The van der Waals surface area contributed by atoms with E-state index < -0.39 is 15.5 Å². The van der Waals surface area contributed by atoms with Crippen molar-refractivity contribution in [2.45, 2.75) is 18.4 Å². The zero-order chi connectivity index (χ0) is 13.2. The summed E-state index contributed by atoms with van der Waals surface area (Å²) in [5, 5.41) is 0. The third-order valence-corrected chi connectivity index (χ3v) is 4.73. The first kappa shape index (κ1) is 13.0. The minimum atomic E-state index is -3.77. The van der Waals surface area contributed by atoms with E-state index >= 15 is 0 Å². The second-order valence-corrected chi connectivity index (χ2v) is 6.82. The van der Waals surface area contributed by atoms with Gasteiger partial charge in [-0.05, 0) is 19.1 Å². The van der Waals surface area contributed by atoms with Gasteiger partial charge in [-0.2, -0.15) is 0 Å². The molecule has 0 aliphatic rings. The van der Waals surface area contributed by atoms with Crippen molar-refractivity contribution in [1.29, 1.82) is 0 Å². The van der Waals surface area contributed by atoms with Crippen molar-refractivity contribution in [2.75, 3.05) is 0 Å². The van der Waals surface area contributed by atoms with E-state index in [0.717, 1.165) is 9.75 Å². The molecule has 0 spiro atoms. The van der Waals surface area contributed by atoms with Crippen LogP contribution in [0.3, 0.4) is 0 Å². The van der Waals surface area contributed by atoms with Crippen LogP contribution in [0.5, 0.6) is 0 Å². The van der Waals surface area contributed by atoms with E-state index in [9.17, 15) is 13.2 Å². The normalized spacial score (nSPS) is 11.6. The highest BCUT2D eigenvalue weighted by Crippen LogP contribution is 2.15. The maximum Gasteiger partial charge on any atom is 0.246 e. The highest BCUT2D eigenvalue weighted by molar-refractivity contribution is 7.89. The fraction of sp³-hybridized carbons (Fsp3) is 0.182. The van der Waals surface area contributed by atoms with Crippen LogP contribution in [0.1, 0.15) is 9.75 Å². The number of rotatable bonds is 4. The van der Waals surface area contributed by atoms with E-state index in [1.165, 1.54) is 29.8 Å². The first-order valence-electron chi connectivity index (χ1n) is 5.21. The lowest BCUT2D eigenvalue weighted by Gasteiger charge is -2.04. The van der Waals surface area contributed by atoms with Gasteiger partial charge in [0.2, 0.25) is 15.5 Å². The summed E-state index contributed by atoms with van der Waals surface area (Å²) in [6.07, 6.45) is 2.58. The topological polar surface area (TPSA) is 79.0 Å². The number of thiophene rings is 1. The van der Waals surface area contributed by atoms with Gasteiger partial charge in [-0.1, -0.05) is 0 Å². The first-order chi connectivity index (χ1) is 8.49. The molecule has 0 unspecified atom stereocenters. The van der Waals surface area contributed by atoms with Crippen LogP contribution < -0.4 is 10.2 Å². The molecule has 0 aromatic carbocycles. The van der Waals surface area contributed by atoms with Gasteiger partial charge in [0, 0.05) is 34.8 Å². The van der Waals surface area contributed by atoms with Crippen molar-refractivity contribution in [3.63, 3.8) is 0 Å². The third-order valence-electron chi connectivity index (χ3n) is 2.31. The average molecular weight is 284 g/mol. The Bertz CT molecular complexity index is 701. The third kappa shape index (κ3) is 2.87. The molecule has 7 heteroatoms. The number of aryl methyl sites for hydroxylation is 1. The molecule has 5 nitrogen and oxygen atoms in total. The van der Waals surface area contributed by atoms with Crippen molar-refractivity contribution < 1.29 is 8.42 Å². The molecule has 0 saturated carbocycles. The number of aromatic amines is 1. The molecule has 2 rings (SSSR count). The van der Waals surface area contributed by atoms with E-state index in [1.54, 1.807) is 0 Å². The molecule has 0 amide bonds. The molecular weight excluding hydrogens is 272 g/mol. The number of sulfonamides is 1. The van der Waals surface area contributed by atoms with Crippen molar-refractivity contribution in [1.82, 2.24) is 9.71 Å². The Morgan fingerprint density at radius 2 is 2.11 bits per heavy atom. The number of pyridine rings is 1. The maximum absolute atomic E-state index is 11.9. The molecule has 0 radical (unpaired) electrons. The Morgan fingerprint density at radius 1 is 1.33 bits per heavy atom. The van der Waals surface area contributed by atoms with Gasteiger partial charge in [0.1, 0.15) is 4.90 Å². The molecule has 0 saturated heterocycles. The summed E-state index contributed by atoms with van der Waals surface area (Å²) in [6, 6.07) is 4.96. The summed E-state index contributed by atoms with van der Waals surface area (Å²) in [5.41, 5.74) is -0.524. The molecular formula is C11H12N2O3S2. The number of aromatic nitrogens is 1. The Labute approximate surface area is 109 Å². The zero-order valence-corrected chi connectivity index (χ0v) is 11.3. The monoisotopic (exact) mass is 284 g/mol. The van der Waals surface area contributed by atoms with Crippen molar-refractivity contribution >= 4 is 21.4 Å². The standard InChI is InChI=1S/C11H12N2O3S2/c1-8-2-3-9(17-8)6-13-18(15,16)11-7-12-5-4-10(11)14/h2-5,7,13H,6H2,1H3,(H,12,14). The smallest absolute Gasteiger partial charge is 0.246 e. The molecule has 0 bridgehead atoms. The van der Waals surface area contributed by atoms with Gasteiger partial charge in [0.15, 0.2) is 0 Å². The molecule has 96 valence electrons. The number of hydrogen-bond donors (Lipinski definition) is 2. The summed E-state index contributed by atoms with van der Waals surface area (Å²) < 4.78 is 26.2. The summed E-state index contributed by atoms with van der Waals surface area (Å²) >= 11 is 1.51. The average Bonchev–Trinajstić information content (AvgIpc) is 2.73. The van der Waals surface area contributed by atoms with Gasteiger partial charge in [-0.3, -0.25) is 4.79 Å². The van der Waals surface area contributed by atoms with Crippen LogP contribution in [-0.2, 0) is 16.6 Å². The quantitative estimate of drug-likeness (QED) is 0.886. The van der Waals surface area contributed by atoms with Crippen LogP contribution in [0.25, 0.3) is 0 Å². The maximum atomic E-state index is 11.9. The predicted molar refractivity (Wildman–Crippen MR) is 70.1 cm³/mol. The van der Waals surface area contributed by atoms with Gasteiger partial charge >= 0.3 is 0 Å². The Kier molecular flexibility index (Phi) is 3.65. The number of hydrogen-bond acceptors (Lipinski definition) is 4. The SMILES string of the molecule is Cc1ccc(CNS(=O)(=O)c2c[nH]ccc2=O)s1. The number of nitrogens with one attached hydrogen (secondary N) is 2. The fourth-order valence-corrected chi connectivity index (χ4v) is 3.41. The molecule has 0 fully saturated rings. The highest BCUT2D eigenvalue weighted by Gasteiger charge is 2.17. The molecule has 0 aliphatic carbocycles. The molecule has 18 heavy (non-hydrogen) atoms. The van der Waals surface area contributed by atoms with Crippen LogP contribution >= 0.6 is 11.3 Å². The molecule has 0 aliphatic heterocycles. The van der Waals surface area contributed by atoms with Crippen LogP contribution in [-0.4, -0.2) is 13.4 Å². The van der Waals surface area contributed by atoms with E-state index in [1.807, 2.05) is 19.1 Å². The lowest BCUT2D eigenvalue weighted by Crippen LogP contribution is -2.27. The zero-order valence-electron chi connectivity index (χ0n) is 9.64. The molecule has 2 N–H and O–H groups in total. The second-order valence-electron chi connectivity index (χ2n) is 3.71. The summed E-state index contributed by atoms with van der Waals surface area (Å²) in [6.45, 7) is 2.14. The van der Waals surface area contributed by atoms with Gasteiger partial charge in [-0.15, -0.1) is 11.3 Å². The van der Waals surface area contributed by atoms with Gasteiger partial charge in [-0.25, -0.2) is 13.1 Å². The fourth-order valence-electron chi connectivity index (χ4n) is 1.43. The van der Waals surface area contributed by atoms with Gasteiger partial charge < -0.3 is 4.98 Å². The van der Waals surface area contributed by atoms with Crippen LogP contribution in [0, 0.1) is 6.92 Å². The lowest BCUT2D eigenvalue weighted by molar-refractivity contribution is 0.580. The van der Waals surface area contributed by atoms with E-state index in [4.69, 9.17) is 0 Å². The largest absolute Gasteiger partial charge is 0.366 e.